The van der Waals surface area contributed by atoms with E-state index in [1.807, 2.05) is 23.1 Å². The standard InChI is InChI=1S/C18H24FN5/c19-14-5-3-13(4-6-14)15-7-10-22-17(16(15)20)18(8-1-2-9-18)24-12-21-11-23-24/h3-6,11-12,15-17,22H,1-2,7-10,20H2/t15-,16?,17+/m1/s1. The van der Waals surface area contributed by atoms with E-state index in [0.29, 0.717) is 0 Å². The molecule has 128 valence electrons. The molecule has 0 amide bonds. The van der Waals surface area contributed by atoms with Crippen LogP contribution in [-0.2, 0) is 5.54 Å². The summed E-state index contributed by atoms with van der Waals surface area (Å²) in [7, 11) is 0. The molecule has 1 saturated carbocycles. The van der Waals surface area contributed by atoms with Crippen LogP contribution in [0.4, 0.5) is 4.39 Å². The Morgan fingerprint density at radius 2 is 1.96 bits per heavy atom. The molecular formula is C18H24FN5. The molecule has 0 radical (unpaired) electrons. The predicted molar refractivity (Wildman–Crippen MR) is 90.0 cm³/mol. The lowest BCUT2D eigenvalue weighted by molar-refractivity contribution is 0.126. The number of piperidine rings is 1. The summed E-state index contributed by atoms with van der Waals surface area (Å²) in [5.41, 5.74) is 7.77. The summed E-state index contributed by atoms with van der Waals surface area (Å²) in [5, 5.41) is 8.11. The normalized spacial score (nSPS) is 29.7. The van der Waals surface area contributed by atoms with E-state index in [4.69, 9.17) is 5.73 Å². The molecule has 1 aromatic carbocycles. The van der Waals surface area contributed by atoms with Crippen molar-refractivity contribution in [1.29, 1.82) is 0 Å². The number of halogens is 1. The highest BCUT2D eigenvalue weighted by Gasteiger charge is 2.49. The first-order valence-corrected chi connectivity index (χ1v) is 8.80. The van der Waals surface area contributed by atoms with Gasteiger partial charge in [0.25, 0.3) is 0 Å². The average Bonchev–Trinajstić information content (AvgIpc) is 3.28. The van der Waals surface area contributed by atoms with Gasteiger partial charge in [0.2, 0.25) is 0 Å². The first kappa shape index (κ1) is 15.7. The third kappa shape index (κ3) is 2.54. The topological polar surface area (TPSA) is 68.8 Å². The van der Waals surface area contributed by atoms with E-state index in [-0.39, 0.29) is 29.4 Å². The lowest BCUT2D eigenvalue weighted by atomic mass is 9.74. The van der Waals surface area contributed by atoms with Gasteiger partial charge in [0.05, 0.1) is 5.54 Å². The molecule has 3 N–H and O–H groups in total. The molecule has 1 saturated heterocycles. The summed E-state index contributed by atoms with van der Waals surface area (Å²) >= 11 is 0. The van der Waals surface area contributed by atoms with Gasteiger partial charge in [-0.15, -0.1) is 0 Å². The van der Waals surface area contributed by atoms with Crippen LogP contribution in [0.15, 0.2) is 36.9 Å². The Kier molecular flexibility index (Phi) is 4.10. The van der Waals surface area contributed by atoms with Crippen LogP contribution in [0.3, 0.4) is 0 Å². The van der Waals surface area contributed by atoms with Gasteiger partial charge in [0, 0.05) is 18.0 Å². The molecule has 2 heterocycles. The van der Waals surface area contributed by atoms with Gasteiger partial charge in [-0.2, -0.15) is 5.10 Å². The number of hydrogen-bond donors (Lipinski definition) is 2. The van der Waals surface area contributed by atoms with E-state index in [9.17, 15) is 4.39 Å². The monoisotopic (exact) mass is 329 g/mol. The Labute approximate surface area is 141 Å². The van der Waals surface area contributed by atoms with Crippen molar-refractivity contribution >= 4 is 0 Å². The molecule has 2 aromatic rings. The Morgan fingerprint density at radius 1 is 1.21 bits per heavy atom. The first-order chi connectivity index (χ1) is 11.7. The minimum absolute atomic E-state index is 0.0356. The minimum atomic E-state index is -0.201. The number of benzene rings is 1. The van der Waals surface area contributed by atoms with Crippen molar-refractivity contribution in [3.05, 3.63) is 48.3 Å². The molecule has 6 heteroatoms. The quantitative estimate of drug-likeness (QED) is 0.905. The second-order valence-electron chi connectivity index (χ2n) is 7.11. The number of nitrogens with zero attached hydrogens (tertiary/aromatic N) is 3. The zero-order chi connectivity index (χ0) is 16.6. The predicted octanol–water partition coefficient (Wildman–Crippen LogP) is 2.16. The maximum absolute atomic E-state index is 13.3. The number of aromatic nitrogens is 3. The van der Waals surface area contributed by atoms with Crippen LogP contribution in [0.2, 0.25) is 0 Å². The second kappa shape index (κ2) is 6.26. The molecule has 0 bridgehead atoms. The van der Waals surface area contributed by atoms with Gasteiger partial charge in [-0.3, -0.25) is 0 Å². The lowest BCUT2D eigenvalue weighted by Crippen LogP contribution is -2.64. The summed E-state index contributed by atoms with van der Waals surface area (Å²) in [6.07, 6.45) is 8.90. The van der Waals surface area contributed by atoms with Crippen molar-refractivity contribution < 1.29 is 4.39 Å². The minimum Gasteiger partial charge on any atom is -0.326 e. The largest absolute Gasteiger partial charge is 0.326 e. The number of hydrogen-bond acceptors (Lipinski definition) is 4. The Bertz CT molecular complexity index is 663. The van der Waals surface area contributed by atoms with Crippen molar-refractivity contribution in [3.8, 4) is 0 Å². The molecule has 1 aliphatic heterocycles. The molecule has 1 aromatic heterocycles. The number of nitrogens with one attached hydrogen (secondary N) is 1. The van der Waals surface area contributed by atoms with Gasteiger partial charge in [0.1, 0.15) is 18.5 Å². The van der Waals surface area contributed by atoms with Gasteiger partial charge in [-0.1, -0.05) is 25.0 Å². The zero-order valence-corrected chi connectivity index (χ0v) is 13.7. The first-order valence-electron chi connectivity index (χ1n) is 8.80. The highest BCUT2D eigenvalue weighted by Crippen LogP contribution is 2.43. The van der Waals surface area contributed by atoms with Crippen LogP contribution in [0.25, 0.3) is 0 Å². The SMILES string of the molecule is NC1[C@@H](c2ccc(F)cc2)CCN[C@@H]1C1(n2cncn2)CCCC1. The third-order valence-electron chi connectivity index (χ3n) is 5.89. The van der Waals surface area contributed by atoms with E-state index in [0.717, 1.165) is 31.4 Å². The van der Waals surface area contributed by atoms with Gasteiger partial charge in [-0.25, -0.2) is 14.1 Å². The molecule has 24 heavy (non-hydrogen) atoms. The van der Waals surface area contributed by atoms with Gasteiger partial charge >= 0.3 is 0 Å². The Hall–Kier alpha value is -1.79. The fourth-order valence-corrected chi connectivity index (χ4v) is 4.71. The van der Waals surface area contributed by atoms with Gasteiger partial charge < -0.3 is 11.1 Å². The maximum atomic E-state index is 13.3. The maximum Gasteiger partial charge on any atom is 0.137 e. The molecular weight excluding hydrogens is 305 g/mol. The highest BCUT2D eigenvalue weighted by molar-refractivity contribution is 5.25. The molecule has 2 aliphatic rings. The van der Waals surface area contributed by atoms with Gasteiger partial charge in [0.15, 0.2) is 0 Å². The summed E-state index contributed by atoms with van der Waals surface area (Å²) < 4.78 is 15.3. The molecule has 2 fully saturated rings. The van der Waals surface area contributed by atoms with Crippen LogP contribution >= 0.6 is 0 Å². The van der Waals surface area contributed by atoms with Crippen molar-refractivity contribution in [3.63, 3.8) is 0 Å². The number of rotatable bonds is 3. The molecule has 1 unspecified atom stereocenters. The van der Waals surface area contributed by atoms with Crippen molar-refractivity contribution in [2.45, 2.75) is 55.6 Å². The highest BCUT2D eigenvalue weighted by atomic mass is 19.1. The molecule has 4 rings (SSSR count). The second-order valence-corrected chi connectivity index (χ2v) is 7.11. The van der Waals surface area contributed by atoms with Gasteiger partial charge in [-0.05, 0) is 43.5 Å². The van der Waals surface area contributed by atoms with E-state index in [2.05, 4.69) is 15.4 Å². The lowest BCUT2D eigenvalue weighted by Gasteiger charge is -2.46. The van der Waals surface area contributed by atoms with Crippen molar-refractivity contribution in [2.75, 3.05) is 6.54 Å². The van der Waals surface area contributed by atoms with Crippen LogP contribution in [-0.4, -0.2) is 33.4 Å². The van der Waals surface area contributed by atoms with Crippen LogP contribution < -0.4 is 11.1 Å². The van der Waals surface area contributed by atoms with E-state index in [1.165, 1.54) is 25.0 Å². The van der Waals surface area contributed by atoms with Crippen LogP contribution in [0, 0.1) is 5.82 Å². The molecule has 3 atom stereocenters. The van der Waals surface area contributed by atoms with Crippen LogP contribution in [0.5, 0.6) is 0 Å². The molecule has 0 spiro atoms. The smallest absolute Gasteiger partial charge is 0.137 e. The molecule has 5 nitrogen and oxygen atoms in total. The van der Waals surface area contributed by atoms with E-state index in [1.54, 1.807) is 6.33 Å². The summed E-state index contributed by atoms with van der Waals surface area (Å²) in [4.78, 5) is 4.16. The Morgan fingerprint density at radius 3 is 2.62 bits per heavy atom. The summed E-state index contributed by atoms with van der Waals surface area (Å²) in [6.45, 7) is 0.914. The molecule has 1 aliphatic carbocycles. The van der Waals surface area contributed by atoms with E-state index < -0.39 is 0 Å². The van der Waals surface area contributed by atoms with Crippen molar-refractivity contribution in [1.82, 2.24) is 20.1 Å². The fourth-order valence-electron chi connectivity index (χ4n) is 4.71. The Balaban J connectivity index is 1.66. The fraction of sp³-hybridized carbons (Fsp3) is 0.556. The average molecular weight is 329 g/mol. The van der Waals surface area contributed by atoms with Crippen molar-refractivity contribution in [2.24, 2.45) is 5.73 Å². The zero-order valence-electron chi connectivity index (χ0n) is 13.7. The number of nitrogens with two attached hydrogens (primary N) is 1. The third-order valence-corrected chi connectivity index (χ3v) is 5.89. The van der Waals surface area contributed by atoms with Crippen LogP contribution in [0.1, 0.15) is 43.6 Å². The summed E-state index contributed by atoms with van der Waals surface area (Å²) in [6, 6.07) is 6.92. The summed E-state index contributed by atoms with van der Waals surface area (Å²) in [5.74, 6) is 0.0329. The van der Waals surface area contributed by atoms with E-state index >= 15 is 0 Å².